The molecule has 5 heteroatoms. The summed E-state index contributed by atoms with van der Waals surface area (Å²) in [4.78, 5) is 4.47. The van der Waals surface area contributed by atoms with Gasteiger partial charge in [-0.05, 0) is 30.4 Å². The van der Waals surface area contributed by atoms with Gasteiger partial charge < -0.3 is 5.32 Å². The summed E-state index contributed by atoms with van der Waals surface area (Å²) < 4.78 is 23.4. The monoisotopic (exact) mass is 268 g/mol. The van der Waals surface area contributed by atoms with Gasteiger partial charge in [-0.2, -0.15) is 0 Å². The Labute approximate surface area is 109 Å². The van der Waals surface area contributed by atoms with Crippen LogP contribution in [0.25, 0.3) is 0 Å². The fraction of sp³-hybridized carbons (Fsp3) is 0.615. The molecule has 1 fully saturated rings. The largest absolute Gasteiger partial charge is 0.366 e. The van der Waals surface area contributed by atoms with E-state index in [1.54, 1.807) is 18.3 Å². The highest BCUT2D eigenvalue weighted by atomic mass is 32.2. The van der Waals surface area contributed by atoms with E-state index >= 15 is 0 Å². The van der Waals surface area contributed by atoms with Gasteiger partial charge in [-0.3, -0.25) is 0 Å². The van der Waals surface area contributed by atoms with E-state index in [4.69, 9.17) is 0 Å². The first-order chi connectivity index (χ1) is 8.31. The Morgan fingerprint density at radius 2 is 2.17 bits per heavy atom. The molecular weight excluding hydrogens is 248 g/mol. The van der Waals surface area contributed by atoms with Crippen LogP contribution < -0.4 is 5.32 Å². The third kappa shape index (κ3) is 2.66. The quantitative estimate of drug-likeness (QED) is 0.915. The molecule has 1 saturated carbocycles. The summed E-state index contributed by atoms with van der Waals surface area (Å²) in [6, 6.07) is 3.54. The number of nitrogens with one attached hydrogen (secondary N) is 1. The van der Waals surface area contributed by atoms with E-state index in [9.17, 15) is 8.42 Å². The standard InChI is InChI=1S/C13H20N2O2S/c1-13(2)8-4-7-11(13)15-12-10(18(3,16)17)6-5-9-14-12/h5-6,9,11H,4,7-8H2,1-3H3,(H,14,15). The van der Waals surface area contributed by atoms with Gasteiger partial charge in [0, 0.05) is 18.5 Å². The summed E-state index contributed by atoms with van der Waals surface area (Å²) in [6.45, 7) is 4.42. The summed E-state index contributed by atoms with van der Waals surface area (Å²) in [5.74, 6) is 0.486. The first-order valence-corrected chi connectivity index (χ1v) is 8.11. The molecule has 0 aliphatic heterocycles. The van der Waals surface area contributed by atoms with Crippen molar-refractivity contribution in [3.63, 3.8) is 0 Å². The summed E-state index contributed by atoms with van der Waals surface area (Å²) in [7, 11) is -3.24. The van der Waals surface area contributed by atoms with Gasteiger partial charge in [-0.25, -0.2) is 13.4 Å². The highest BCUT2D eigenvalue weighted by Gasteiger charge is 2.35. The highest BCUT2D eigenvalue weighted by Crippen LogP contribution is 2.39. The number of rotatable bonds is 3. The van der Waals surface area contributed by atoms with Crippen LogP contribution in [-0.4, -0.2) is 25.7 Å². The molecule has 4 nitrogen and oxygen atoms in total. The van der Waals surface area contributed by atoms with E-state index in [-0.39, 0.29) is 16.4 Å². The van der Waals surface area contributed by atoms with Crippen molar-refractivity contribution >= 4 is 15.7 Å². The van der Waals surface area contributed by atoms with Crippen LogP contribution in [0.4, 0.5) is 5.82 Å². The van der Waals surface area contributed by atoms with Crippen molar-refractivity contribution in [1.29, 1.82) is 0 Å². The molecule has 1 aliphatic rings. The molecule has 1 aromatic rings. The Bertz CT molecular complexity index is 538. The summed E-state index contributed by atoms with van der Waals surface area (Å²) >= 11 is 0. The molecule has 0 bridgehead atoms. The van der Waals surface area contributed by atoms with Gasteiger partial charge in [0.25, 0.3) is 0 Å². The molecule has 1 aliphatic carbocycles. The highest BCUT2D eigenvalue weighted by molar-refractivity contribution is 7.90. The third-order valence-corrected chi connectivity index (χ3v) is 4.87. The van der Waals surface area contributed by atoms with Gasteiger partial charge in [-0.15, -0.1) is 0 Å². The second-order valence-corrected chi connectivity index (χ2v) is 7.68. The molecule has 2 rings (SSSR count). The van der Waals surface area contributed by atoms with Crippen molar-refractivity contribution in [2.75, 3.05) is 11.6 Å². The van der Waals surface area contributed by atoms with Crippen molar-refractivity contribution in [3.05, 3.63) is 18.3 Å². The molecule has 1 unspecified atom stereocenters. The van der Waals surface area contributed by atoms with Crippen LogP contribution in [0.1, 0.15) is 33.1 Å². The van der Waals surface area contributed by atoms with Crippen LogP contribution in [-0.2, 0) is 9.84 Å². The summed E-state index contributed by atoms with van der Waals surface area (Å²) in [5.41, 5.74) is 0.187. The second-order valence-electron chi connectivity index (χ2n) is 5.70. The van der Waals surface area contributed by atoms with Gasteiger partial charge in [-0.1, -0.05) is 20.3 Å². The van der Waals surface area contributed by atoms with Crippen LogP contribution in [0.2, 0.25) is 0 Å². The van der Waals surface area contributed by atoms with Gasteiger partial charge in [0.15, 0.2) is 9.84 Å². The molecule has 1 N–H and O–H groups in total. The lowest BCUT2D eigenvalue weighted by Crippen LogP contribution is -2.31. The zero-order valence-electron chi connectivity index (χ0n) is 11.1. The van der Waals surface area contributed by atoms with Crippen molar-refractivity contribution in [2.45, 2.75) is 44.0 Å². The third-order valence-electron chi connectivity index (χ3n) is 3.74. The van der Waals surface area contributed by atoms with E-state index in [0.29, 0.717) is 5.82 Å². The predicted octanol–water partition coefficient (Wildman–Crippen LogP) is 2.48. The molecule has 1 heterocycles. The zero-order valence-corrected chi connectivity index (χ0v) is 11.9. The smallest absolute Gasteiger partial charge is 0.179 e. The SMILES string of the molecule is CC1(C)CCCC1Nc1ncccc1S(C)(=O)=O. The van der Waals surface area contributed by atoms with Crippen molar-refractivity contribution in [1.82, 2.24) is 4.98 Å². The fourth-order valence-corrected chi connectivity index (χ4v) is 3.35. The van der Waals surface area contributed by atoms with Gasteiger partial charge in [0.1, 0.15) is 10.7 Å². The Morgan fingerprint density at radius 3 is 2.72 bits per heavy atom. The van der Waals surface area contributed by atoms with Crippen molar-refractivity contribution < 1.29 is 8.42 Å². The van der Waals surface area contributed by atoms with Crippen LogP contribution in [0.15, 0.2) is 23.2 Å². The minimum absolute atomic E-state index is 0.187. The van der Waals surface area contributed by atoms with Gasteiger partial charge >= 0.3 is 0 Å². The molecule has 0 aromatic carbocycles. The van der Waals surface area contributed by atoms with Crippen molar-refractivity contribution in [2.24, 2.45) is 5.41 Å². The average Bonchev–Trinajstić information content (AvgIpc) is 2.58. The lowest BCUT2D eigenvalue weighted by molar-refractivity contribution is 0.349. The predicted molar refractivity (Wildman–Crippen MR) is 72.4 cm³/mol. The molecule has 18 heavy (non-hydrogen) atoms. The van der Waals surface area contributed by atoms with Crippen LogP contribution in [0.3, 0.4) is 0 Å². The maximum atomic E-state index is 11.7. The number of aromatic nitrogens is 1. The average molecular weight is 268 g/mol. The summed E-state index contributed by atoms with van der Waals surface area (Å²) in [6.07, 6.45) is 6.23. The number of hydrogen-bond donors (Lipinski definition) is 1. The molecule has 1 atom stereocenters. The van der Waals surface area contributed by atoms with Crippen molar-refractivity contribution in [3.8, 4) is 0 Å². The molecule has 1 aromatic heterocycles. The number of nitrogens with zero attached hydrogens (tertiary/aromatic N) is 1. The lowest BCUT2D eigenvalue weighted by atomic mass is 9.87. The lowest BCUT2D eigenvalue weighted by Gasteiger charge is -2.28. The number of sulfone groups is 1. The molecule has 0 saturated heterocycles. The van der Waals surface area contributed by atoms with E-state index in [0.717, 1.165) is 12.8 Å². The van der Waals surface area contributed by atoms with Gasteiger partial charge in [0.05, 0.1) is 0 Å². The van der Waals surface area contributed by atoms with Crippen LogP contribution in [0, 0.1) is 5.41 Å². The van der Waals surface area contributed by atoms with E-state index in [1.807, 2.05) is 0 Å². The first kappa shape index (κ1) is 13.3. The fourth-order valence-electron chi connectivity index (χ4n) is 2.56. The number of hydrogen-bond acceptors (Lipinski definition) is 4. The Hall–Kier alpha value is -1.10. The van der Waals surface area contributed by atoms with Crippen LogP contribution in [0.5, 0.6) is 0 Å². The topological polar surface area (TPSA) is 59.1 Å². The summed E-state index contributed by atoms with van der Waals surface area (Å²) in [5, 5.41) is 3.32. The molecular formula is C13H20N2O2S. The van der Waals surface area contributed by atoms with Crippen LogP contribution >= 0.6 is 0 Å². The zero-order chi connectivity index (χ0) is 13.4. The minimum atomic E-state index is -3.24. The molecule has 0 amide bonds. The van der Waals surface area contributed by atoms with E-state index in [2.05, 4.69) is 24.1 Å². The maximum Gasteiger partial charge on any atom is 0.179 e. The number of pyridine rings is 1. The second kappa shape index (κ2) is 4.53. The van der Waals surface area contributed by atoms with E-state index < -0.39 is 9.84 Å². The Kier molecular flexibility index (Phi) is 3.36. The molecule has 100 valence electrons. The molecule has 0 spiro atoms. The first-order valence-electron chi connectivity index (χ1n) is 6.22. The van der Waals surface area contributed by atoms with E-state index in [1.165, 1.54) is 12.7 Å². The normalized spacial score (nSPS) is 22.9. The number of anilines is 1. The maximum absolute atomic E-state index is 11.7. The Morgan fingerprint density at radius 1 is 1.44 bits per heavy atom. The van der Waals surface area contributed by atoms with Gasteiger partial charge in [0.2, 0.25) is 0 Å². The minimum Gasteiger partial charge on any atom is -0.366 e. The Balaban J connectivity index is 2.30. The molecule has 0 radical (unpaired) electrons.